The molecule has 0 bridgehead atoms. The normalized spacial score (nSPS) is 22.6. The smallest absolute Gasteiger partial charge is 0.126 e. The first-order valence-electron chi connectivity index (χ1n) is 5.13. The van der Waals surface area contributed by atoms with Crippen LogP contribution in [0.4, 0.5) is 5.82 Å². The van der Waals surface area contributed by atoms with E-state index in [4.69, 9.17) is 0 Å². The lowest BCUT2D eigenvalue weighted by atomic mass is 10.2. The summed E-state index contributed by atoms with van der Waals surface area (Å²) in [6.45, 7) is 4.32. The zero-order chi connectivity index (χ0) is 9.97. The van der Waals surface area contributed by atoms with Gasteiger partial charge in [0.2, 0.25) is 0 Å². The van der Waals surface area contributed by atoms with E-state index in [9.17, 15) is 0 Å². The maximum Gasteiger partial charge on any atom is 0.126 e. The van der Waals surface area contributed by atoms with Gasteiger partial charge in [-0.2, -0.15) is 0 Å². The molecule has 0 aromatic carbocycles. The van der Waals surface area contributed by atoms with Crippen LogP contribution in [0.1, 0.15) is 12.1 Å². The first-order chi connectivity index (χ1) is 6.74. The Morgan fingerprint density at radius 2 is 2.36 bits per heavy atom. The lowest BCUT2D eigenvalue weighted by Crippen LogP contribution is -2.23. The second-order valence-corrected chi connectivity index (χ2v) is 4.06. The third kappa shape index (κ3) is 2.23. The summed E-state index contributed by atoms with van der Waals surface area (Å²) in [5, 5.41) is 3.46. The fraction of sp³-hybridized carbons (Fsp3) is 0.545. The van der Waals surface area contributed by atoms with Gasteiger partial charge in [0.1, 0.15) is 5.82 Å². The molecule has 1 aromatic heterocycles. The summed E-state index contributed by atoms with van der Waals surface area (Å²) in [7, 11) is 2.16. The fourth-order valence-electron chi connectivity index (χ4n) is 1.89. The highest BCUT2D eigenvalue weighted by Gasteiger charge is 2.18. The van der Waals surface area contributed by atoms with E-state index in [-0.39, 0.29) is 0 Å². The molecule has 3 heteroatoms. The van der Waals surface area contributed by atoms with Crippen LogP contribution in [0.15, 0.2) is 18.2 Å². The molecule has 1 unspecified atom stereocenters. The van der Waals surface area contributed by atoms with Gasteiger partial charge < -0.3 is 10.2 Å². The molecular formula is C11H17N3. The van der Waals surface area contributed by atoms with Crippen molar-refractivity contribution in [3.8, 4) is 0 Å². The molecule has 2 heterocycles. The SMILES string of the molecule is Cc1cccc(NC2CCN(C)C2)n1. The molecule has 1 N–H and O–H groups in total. The van der Waals surface area contributed by atoms with Crippen molar-refractivity contribution in [1.82, 2.24) is 9.88 Å². The summed E-state index contributed by atoms with van der Waals surface area (Å²) in [5.41, 5.74) is 1.07. The van der Waals surface area contributed by atoms with E-state index in [2.05, 4.69) is 22.2 Å². The lowest BCUT2D eigenvalue weighted by molar-refractivity contribution is 0.414. The van der Waals surface area contributed by atoms with Crippen molar-refractivity contribution < 1.29 is 0 Å². The first-order valence-corrected chi connectivity index (χ1v) is 5.13. The molecule has 3 nitrogen and oxygen atoms in total. The lowest BCUT2D eigenvalue weighted by Gasteiger charge is -2.13. The Labute approximate surface area is 85.1 Å². The summed E-state index contributed by atoms with van der Waals surface area (Å²) in [6, 6.07) is 6.66. The zero-order valence-corrected chi connectivity index (χ0v) is 8.83. The van der Waals surface area contributed by atoms with Gasteiger partial charge in [-0.3, -0.25) is 0 Å². The molecule has 2 rings (SSSR count). The van der Waals surface area contributed by atoms with E-state index in [1.165, 1.54) is 13.0 Å². The van der Waals surface area contributed by atoms with E-state index in [1.54, 1.807) is 0 Å². The molecule has 1 saturated heterocycles. The number of likely N-dealkylation sites (N-methyl/N-ethyl adjacent to an activating group) is 1. The molecule has 1 atom stereocenters. The van der Waals surface area contributed by atoms with Crippen molar-refractivity contribution in [3.63, 3.8) is 0 Å². The second kappa shape index (κ2) is 3.96. The van der Waals surface area contributed by atoms with Crippen LogP contribution in [0.3, 0.4) is 0 Å². The van der Waals surface area contributed by atoms with Gasteiger partial charge in [-0.05, 0) is 39.1 Å². The molecule has 0 spiro atoms. The number of hydrogen-bond donors (Lipinski definition) is 1. The number of hydrogen-bond acceptors (Lipinski definition) is 3. The number of likely N-dealkylation sites (tertiary alicyclic amines) is 1. The number of nitrogens with zero attached hydrogens (tertiary/aromatic N) is 2. The highest BCUT2D eigenvalue weighted by atomic mass is 15.2. The maximum absolute atomic E-state index is 4.43. The van der Waals surface area contributed by atoms with Crippen LogP contribution in [0, 0.1) is 6.92 Å². The van der Waals surface area contributed by atoms with Crippen LogP contribution in [-0.4, -0.2) is 36.1 Å². The van der Waals surface area contributed by atoms with Crippen LogP contribution < -0.4 is 5.32 Å². The van der Waals surface area contributed by atoms with Crippen LogP contribution in [-0.2, 0) is 0 Å². The third-order valence-corrected chi connectivity index (χ3v) is 2.63. The summed E-state index contributed by atoms with van der Waals surface area (Å²) in [6.07, 6.45) is 1.21. The van der Waals surface area contributed by atoms with Gasteiger partial charge in [-0.15, -0.1) is 0 Å². The quantitative estimate of drug-likeness (QED) is 0.768. The molecule has 1 aliphatic heterocycles. The van der Waals surface area contributed by atoms with Crippen LogP contribution >= 0.6 is 0 Å². The minimum Gasteiger partial charge on any atom is -0.366 e. The van der Waals surface area contributed by atoms with Gasteiger partial charge in [0.05, 0.1) is 0 Å². The Morgan fingerprint density at radius 3 is 3.00 bits per heavy atom. The summed E-state index contributed by atoms with van der Waals surface area (Å²) < 4.78 is 0. The van der Waals surface area contributed by atoms with Gasteiger partial charge >= 0.3 is 0 Å². The third-order valence-electron chi connectivity index (χ3n) is 2.63. The van der Waals surface area contributed by atoms with Crippen molar-refractivity contribution in [1.29, 1.82) is 0 Å². The first kappa shape index (κ1) is 9.46. The summed E-state index contributed by atoms with van der Waals surface area (Å²) in [4.78, 5) is 6.77. The monoisotopic (exact) mass is 191 g/mol. The molecule has 0 amide bonds. The van der Waals surface area contributed by atoms with Gasteiger partial charge in [-0.1, -0.05) is 6.07 Å². The van der Waals surface area contributed by atoms with Gasteiger partial charge in [0, 0.05) is 18.3 Å². The number of aromatic nitrogens is 1. The Bertz CT molecular complexity index is 311. The number of rotatable bonds is 2. The molecule has 76 valence electrons. The molecular weight excluding hydrogens is 174 g/mol. The van der Waals surface area contributed by atoms with Crippen molar-refractivity contribution in [2.45, 2.75) is 19.4 Å². The molecule has 0 saturated carbocycles. The molecule has 0 radical (unpaired) electrons. The Kier molecular flexibility index (Phi) is 2.68. The fourth-order valence-corrected chi connectivity index (χ4v) is 1.89. The van der Waals surface area contributed by atoms with Gasteiger partial charge in [0.15, 0.2) is 0 Å². The standard InChI is InChI=1S/C11H17N3/c1-9-4-3-5-11(12-9)13-10-6-7-14(2)8-10/h3-5,10H,6-8H2,1-2H3,(H,12,13). The second-order valence-electron chi connectivity index (χ2n) is 4.06. The van der Waals surface area contributed by atoms with Crippen molar-refractivity contribution >= 4 is 5.82 Å². The Morgan fingerprint density at radius 1 is 1.50 bits per heavy atom. The minimum atomic E-state index is 0.564. The Hall–Kier alpha value is -1.09. The van der Waals surface area contributed by atoms with E-state index in [0.717, 1.165) is 18.1 Å². The molecule has 1 aromatic rings. The minimum absolute atomic E-state index is 0.564. The topological polar surface area (TPSA) is 28.2 Å². The number of pyridine rings is 1. The van der Waals surface area contributed by atoms with Crippen LogP contribution in [0.25, 0.3) is 0 Å². The van der Waals surface area contributed by atoms with Crippen LogP contribution in [0.2, 0.25) is 0 Å². The van der Waals surface area contributed by atoms with Gasteiger partial charge in [0.25, 0.3) is 0 Å². The highest BCUT2D eigenvalue weighted by Crippen LogP contribution is 2.12. The van der Waals surface area contributed by atoms with E-state index < -0.39 is 0 Å². The largest absolute Gasteiger partial charge is 0.366 e. The van der Waals surface area contributed by atoms with Crippen molar-refractivity contribution in [2.75, 3.05) is 25.5 Å². The average molecular weight is 191 g/mol. The summed E-state index contributed by atoms with van der Waals surface area (Å²) in [5.74, 6) is 1.00. The average Bonchev–Trinajstić information content (AvgIpc) is 2.51. The van der Waals surface area contributed by atoms with E-state index >= 15 is 0 Å². The maximum atomic E-state index is 4.43. The predicted molar refractivity (Wildman–Crippen MR) is 58.5 cm³/mol. The zero-order valence-electron chi connectivity index (χ0n) is 8.83. The number of anilines is 1. The summed E-state index contributed by atoms with van der Waals surface area (Å²) >= 11 is 0. The van der Waals surface area contributed by atoms with Gasteiger partial charge in [-0.25, -0.2) is 4.98 Å². The number of aryl methyl sites for hydroxylation is 1. The molecule has 1 fully saturated rings. The van der Waals surface area contributed by atoms with E-state index in [1.807, 2.05) is 25.1 Å². The predicted octanol–water partition coefficient (Wildman–Crippen LogP) is 1.51. The molecule has 1 aliphatic rings. The number of nitrogens with one attached hydrogen (secondary N) is 1. The van der Waals surface area contributed by atoms with E-state index in [0.29, 0.717) is 6.04 Å². The van der Waals surface area contributed by atoms with Crippen molar-refractivity contribution in [2.24, 2.45) is 0 Å². The van der Waals surface area contributed by atoms with Crippen LogP contribution in [0.5, 0.6) is 0 Å². The highest BCUT2D eigenvalue weighted by molar-refractivity contribution is 5.36. The van der Waals surface area contributed by atoms with Crippen molar-refractivity contribution in [3.05, 3.63) is 23.9 Å². The Balaban J connectivity index is 1.97. The molecule has 14 heavy (non-hydrogen) atoms. The molecule has 0 aliphatic carbocycles.